The van der Waals surface area contributed by atoms with Crippen molar-refractivity contribution in [3.05, 3.63) is 38.0 Å². The number of nitriles is 2. The molecule has 1 aliphatic rings. The molecule has 0 radical (unpaired) electrons. The highest BCUT2D eigenvalue weighted by atomic mass is 15.2. The highest BCUT2D eigenvalue weighted by molar-refractivity contribution is 5.17. The van der Waals surface area contributed by atoms with Crippen LogP contribution in [0.25, 0.3) is 0 Å². The molecule has 0 unspecified atom stereocenters. The molecule has 4 heteroatoms. The highest BCUT2D eigenvalue weighted by Gasteiger charge is 2.29. The molecule has 0 aromatic rings. The minimum Gasteiger partial charge on any atom is -0.291 e. The van der Waals surface area contributed by atoms with Gasteiger partial charge in [0.05, 0.1) is 5.54 Å². The summed E-state index contributed by atoms with van der Waals surface area (Å²) in [5.41, 5.74) is -0.0534. The van der Waals surface area contributed by atoms with Gasteiger partial charge in [-0.2, -0.15) is 10.5 Å². The lowest BCUT2D eigenvalue weighted by Crippen LogP contribution is -2.47. The maximum Gasteiger partial charge on any atom is 0.190 e. The lowest BCUT2D eigenvalue weighted by Gasteiger charge is -2.41. The number of nitrogens with one attached hydrogen (secondary N) is 1. The van der Waals surface area contributed by atoms with Gasteiger partial charge in [0.2, 0.25) is 0 Å². The first kappa shape index (κ1) is 17.0. The molecule has 19 heavy (non-hydrogen) atoms. The van der Waals surface area contributed by atoms with Gasteiger partial charge in [-0.05, 0) is 32.4 Å². The van der Waals surface area contributed by atoms with Crippen LogP contribution in [0, 0.1) is 22.9 Å². The Morgan fingerprint density at radius 1 is 1.05 bits per heavy atom. The van der Waals surface area contributed by atoms with Crippen LogP contribution >= 0.6 is 0 Å². The molecule has 1 heterocycles. The van der Waals surface area contributed by atoms with Gasteiger partial charge in [-0.25, -0.2) is 5.32 Å². The monoisotopic (exact) mass is 258 g/mol. The number of nitrogens with zero attached hydrogens (tertiary/aromatic N) is 3. The molecule has 0 saturated carbocycles. The maximum atomic E-state index is 7.48. The van der Waals surface area contributed by atoms with Crippen LogP contribution in [0.4, 0.5) is 0 Å². The van der Waals surface area contributed by atoms with Crippen molar-refractivity contribution in [1.29, 1.82) is 10.5 Å². The second-order valence-electron chi connectivity index (χ2n) is 4.29. The smallest absolute Gasteiger partial charge is 0.190 e. The first-order chi connectivity index (χ1) is 9.20. The van der Waals surface area contributed by atoms with Crippen LogP contribution in [0.3, 0.4) is 0 Å². The zero-order valence-electron chi connectivity index (χ0n) is 11.4. The van der Waals surface area contributed by atoms with Crippen molar-refractivity contribution in [3.63, 3.8) is 0 Å². The molecule has 0 amide bonds. The Morgan fingerprint density at radius 2 is 1.58 bits per heavy atom. The van der Waals surface area contributed by atoms with Crippen molar-refractivity contribution in [2.45, 2.75) is 31.2 Å². The molecule has 0 atom stereocenters. The Labute approximate surface area is 116 Å². The van der Waals surface area contributed by atoms with E-state index in [-0.39, 0.29) is 5.54 Å². The number of hydrogen-bond donors (Lipinski definition) is 1. The zero-order chi connectivity index (χ0) is 14.6. The molecule has 0 aliphatic carbocycles. The van der Waals surface area contributed by atoms with Crippen LogP contribution in [0.1, 0.15) is 25.7 Å². The van der Waals surface area contributed by atoms with E-state index in [0.29, 0.717) is 0 Å². The van der Waals surface area contributed by atoms with E-state index in [4.69, 9.17) is 10.5 Å². The summed E-state index contributed by atoms with van der Waals surface area (Å²) in [4.78, 5) is 2.47. The van der Waals surface area contributed by atoms with Crippen molar-refractivity contribution in [2.75, 3.05) is 13.1 Å². The van der Waals surface area contributed by atoms with Crippen molar-refractivity contribution >= 4 is 0 Å². The highest BCUT2D eigenvalue weighted by Crippen LogP contribution is 2.26. The summed E-state index contributed by atoms with van der Waals surface area (Å²) in [6, 6.07) is 0. The van der Waals surface area contributed by atoms with Gasteiger partial charge in [-0.3, -0.25) is 4.90 Å². The summed E-state index contributed by atoms with van der Waals surface area (Å²) in [7, 11) is 0. The number of likely N-dealkylation sites (tertiary alicyclic amines) is 1. The van der Waals surface area contributed by atoms with Crippen LogP contribution in [0.2, 0.25) is 0 Å². The van der Waals surface area contributed by atoms with E-state index >= 15 is 0 Å². The molecule has 1 fully saturated rings. The van der Waals surface area contributed by atoms with E-state index in [1.54, 1.807) is 5.32 Å². The van der Waals surface area contributed by atoms with Gasteiger partial charge in [-0.15, -0.1) is 19.7 Å². The molecule has 4 nitrogen and oxygen atoms in total. The Bertz CT molecular complexity index is 347. The molecule has 0 bridgehead atoms. The van der Waals surface area contributed by atoms with E-state index in [0.717, 1.165) is 19.5 Å². The van der Waals surface area contributed by atoms with Gasteiger partial charge >= 0.3 is 0 Å². The SMILES string of the molecule is C=CCC(C=C)(C=C)N1CCCCC1.N#CNC#N. The first-order valence-corrected chi connectivity index (χ1v) is 6.37. The fraction of sp³-hybridized carbons (Fsp3) is 0.467. The fourth-order valence-corrected chi connectivity index (χ4v) is 2.20. The molecule has 1 N–H and O–H groups in total. The van der Waals surface area contributed by atoms with Crippen LogP contribution in [0.15, 0.2) is 38.0 Å². The largest absolute Gasteiger partial charge is 0.291 e. The molecular weight excluding hydrogens is 236 g/mol. The topological polar surface area (TPSA) is 62.9 Å². The average molecular weight is 258 g/mol. The standard InChI is InChI=1S/C13H21N.C2HN3/c1-4-10-13(5-2,6-3)14-11-8-7-9-12-14;3-1-5-2-4/h4-6H,1-3,7-12H2;5H. The lowest BCUT2D eigenvalue weighted by atomic mass is 9.91. The van der Waals surface area contributed by atoms with Crippen molar-refractivity contribution in [2.24, 2.45) is 0 Å². The van der Waals surface area contributed by atoms with Gasteiger partial charge in [0, 0.05) is 0 Å². The van der Waals surface area contributed by atoms with E-state index in [9.17, 15) is 0 Å². The third-order valence-electron chi connectivity index (χ3n) is 3.23. The van der Waals surface area contributed by atoms with Gasteiger partial charge in [0.1, 0.15) is 0 Å². The molecule has 0 aromatic carbocycles. The Morgan fingerprint density at radius 3 is 1.89 bits per heavy atom. The Hall–Kier alpha value is -2.04. The summed E-state index contributed by atoms with van der Waals surface area (Å²) in [5, 5.41) is 16.7. The number of piperidine rings is 1. The van der Waals surface area contributed by atoms with Crippen molar-refractivity contribution in [1.82, 2.24) is 10.2 Å². The lowest BCUT2D eigenvalue weighted by molar-refractivity contribution is 0.142. The fourth-order valence-electron chi connectivity index (χ4n) is 2.20. The third-order valence-corrected chi connectivity index (χ3v) is 3.23. The number of hydrogen-bond acceptors (Lipinski definition) is 4. The molecule has 1 rings (SSSR count). The molecule has 1 aliphatic heterocycles. The first-order valence-electron chi connectivity index (χ1n) is 6.37. The minimum atomic E-state index is -0.0534. The van der Waals surface area contributed by atoms with Crippen molar-refractivity contribution in [3.8, 4) is 12.4 Å². The molecule has 0 aromatic heterocycles. The predicted molar refractivity (Wildman–Crippen MR) is 77.7 cm³/mol. The summed E-state index contributed by atoms with van der Waals surface area (Å²) in [6.45, 7) is 14.0. The van der Waals surface area contributed by atoms with E-state index in [1.165, 1.54) is 31.6 Å². The van der Waals surface area contributed by atoms with Gasteiger partial charge in [-0.1, -0.05) is 24.6 Å². The average Bonchev–Trinajstić information content (AvgIpc) is 2.47. The third kappa shape index (κ3) is 5.42. The predicted octanol–water partition coefficient (Wildman–Crippen LogP) is 2.70. The maximum absolute atomic E-state index is 7.48. The zero-order valence-corrected chi connectivity index (χ0v) is 11.4. The van der Waals surface area contributed by atoms with Crippen LogP contribution in [0.5, 0.6) is 0 Å². The Kier molecular flexibility index (Phi) is 8.87. The van der Waals surface area contributed by atoms with E-state index in [2.05, 4.69) is 24.6 Å². The molecule has 102 valence electrons. The number of rotatable bonds is 5. The van der Waals surface area contributed by atoms with Crippen LogP contribution < -0.4 is 5.32 Å². The second-order valence-corrected chi connectivity index (χ2v) is 4.29. The minimum absolute atomic E-state index is 0.0534. The second kappa shape index (κ2) is 9.94. The van der Waals surface area contributed by atoms with Crippen molar-refractivity contribution < 1.29 is 0 Å². The summed E-state index contributed by atoms with van der Waals surface area (Å²) >= 11 is 0. The summed E-state index contributed by atoms with van der Waals surface area (Å²) < 4.78 is 0. The summed E-state index contributed by atoms with van der Waals surface area (Å²) in [6.07, 6.45) is 13.6. The molecular formula is C15H22N4. The van der Waals surface area contributed by atoms with Gasteiger partial charge in [0.25, 0.3) is 0 Å². The van der Waals surface area contributed by atoms with Crippen LogP contribution in [-0.4, -0.2) is 23.5 Å². The van der Waals surface area contributed by atoms with Gasteiger partial charge < -0.3 is 0 Å². The Balaban J connectivity index is 0.000000555. The molecule has 1 saturated heterocycles. The van der Waals surface area contributed by atoms with Gasteiger partial charge in [0.15, 0.2) is 12.4 Å². The van der Waals surface area contributed by atoms with Crippen LogP contribution in [-0.2, 0) is 0 Å². The van der Waals surface area contributed by atoms with E-state index < -0.39 is 0 Å². The van der Waals surface area contributed by atoms with E-state index in [1.807, 2.05) is 18.2 Å². The molecule has 0 spiro atoms. The normalized spacial score (nSPS) is 14.8. The summed E-state index contributed by atoms with van der Waals surface area (Å²) in [5.74, 6) is 0. The quantitative estimate of drug-likeness (QED) is 0.468.